The van der Waals surface area contributed by atoms with E-state index in [0.29, 0.717) is 6.61 Å². The van der Waals surface area contributed by atoms with Gasteiger partial charge in [-0.3, -0.25) is 0 Å². The van der Waals surface area contributed by atoms with E-state index in [0.717, 1.165) is 48.8 Å². The molecule has 1 heterocycles. The summed E-state index contributed by atoms with van der Waals surface area (Å²) in [7, 11) is 0. The van der Waals surface area contributed by atoms with Crippen molar-refractivity contribution in [3.05, 3.63) is 48.0 Å². The van der Waals surface area contributed by atoms with Gasteiger partial charge in [0.15, 0.2) is 0 Å². The van der Waals surface area contributed by atoms with Crippen LogP contribution < -0.4 is 20.1 Å². The molecule has 0 fully saturated rings. The topological polar surface area (TPSA) is 47.7 Å². The van der Waals surface area contributed by atoms with Gasteiger partial charge in [0.05, 0.1) is 18.8 Å². The van der Waals surface area contributed by atoms with Gasteiger partial charge in [0.25, 0.3) is 0 Å². The molecule has 4 heteroatoms. The number of aryl methyl sites for hydroxylation is 1. The van der Waals surface area contributed by atoms with Crippen LogP contribution in [0.3, 0.4) is 0 Å². The van der Waals surface area contributed by atoms with E-state index in [1.165, 1.54) is 5.56 Å². The van der Waals surface area contributed by atoms with Gasteiger partial charge in [-0.2, -0.15) is 0 Å². The molecule has 2 N–H and O–H groups in total. The summed E-state index contributed by atoms with van der Waals surface area (Å²) in [6.07, 6.45) is 2.18. The van der Waals surface area contributed by atoms with Crippen molar-refractivity contribution in [2.75, 3.05) is 30.3 Å². The Hall–Kier alpha value is -2.36. The van der Waals surface area contributed by atoms with Gasteiger partial charge >= 0.3 is 0 Å². The van der Waals surface area contributed by atoms with Crippen LogP contribution >= 0.6 is 0 Å². The molecule has 0 aromatic heterocycles. The molecule has 0 amide bonds. The number of nitrogens with two attached hydrogens (primary N) is 1. The van der Waals surface area contributed by atoms with Crippen LogP contribution in [0.25, 0.3) is 0 Å². The first-order valence-corrected chi connectivity index (χ1v) is 8.66. The van der Waals surface area contributed by atoms with Gasteiger partial charge in [0.2, 0.25) is 0 Å². The maximum atomic E-state index is 6.03. The number of anilines is 2. The Balaban J connectivity index is 1.57. The highest BCUT2D eigenvalue weighted by Gasteiger charge is 2.24. The van der Waals surface area contributed by atoms with Crippen LogP contribution in [0.2, 0.25) is 0 Å². The summed E-state index contributed by atoms with van der Waals surface area (Å²) in [5.41, 5.74) is 9.01. The smallest absolute Gasteiger partial charge is 0.145 e. The predicted octanol–water partition coefficient (Wildman–Crippen LogP) is 4.02. The van der Waals surface area contributed by atoms with Crippen molar-refractivity contribution in [2.24, 2.45) is 0 Å². The molecule has 2 aromatic carbocycles. The minimum Gasteiger partial charge on any atom is -0.494 e. The van der Waals surface area contributed by atoms with Gasteiger partial charge in [-0.15, -0.1) is 0 Å². The Morgan fingerprint density at radius 3 is 2.75 bits per heavy atom. The van der Waals surface area contributed by atoms with Gasteiger partial charge in [0.1, 0.15) is 17.6 Å². The number of nitrogens with zero attached hydrogens (tertiary/aromatic N) is 1. The first-order chi connectivity index (χ1) is 11.7. The number of hydrogen-bond donors (Lipinski definition) is 1. The maximum absolute atomic E-state index is 6.03. The van der Waals surface area contributed by atoms with Crippen LogP contribution in [-0.4, -0.2) is 25.8 Å². The lowest BCUT2D eigenvalue weighted by Gasteiger charge is -2.36. The molecule has 1 unspecified atom stereocenters. The first kappa shape index (κ1) is 16.5. The number of hydrogen-bond acceptors (Lipinski definition) is 4. The van der Waals surface area contributed by atoms with E-state index >= 15 is 0 Å². The fourth-order valence-corrected chi connectivity index (χ4v) is 2.95. The van der Waals surface area contributed by atoms with E-state index < -0.39 is 0 Å². The van der Waals surface area contributed by atoms with E-state index in [1.54, 1.807) is 0 Å². The lowest BCUT2D eigenvalue weighted by Crippen LogP contribution is -2.40. The molecule has 0 saturated carbocycles. The molecule has 3 rings (SSSR count). The van der Waals surface area contributed by atoms with E-state index in [4.69, 9.17) is 15.2 Å². The molecule has 1 aliphatic heterocycles. The molecule has 128 valence electrons. The fourth-order valence-electron chi connectivity index (χ4n) is 2.95. The van der Waals surface area contributed by atoms with E-state index in [1.807, 2.05) is 24.3 Å². The average molecular weight is 326 g/mol. The van der Waals surface area contributed by atoms with Gasteiger partial charge in [-0.05, 0) is 44.0 Å². The van der Waals surface area contributed by atoms with Crippen molar-refractivity contribution in [2.45, 2.75) is 32.8 Å². The fraction of sp³-hybridized carbons (Fsp3) is 0.400. The van der Waals surface area contributed by atoms with Crippen molar-refractivity contribution in [3.8, 4) is 11.5 Å². The van der Waals surface area contributed by atoms with Gasteiger partial charge in [-0.1, -0.05) is 24.6 Å². The van der Waals surface area contributed by atoms with E-state index in [9.17, 15) is 0 Å². The molecule has 0 aliphatic carbocycles. The third-order valence-corrected chi connectivity index (χ3v) is 4.36. The number of benzene rings is 2. The van der Waals surface area contributed by atoms with E-state index in [2.05, 4.69) is 36.9 Å². The van der Waals surface area contributed by atoms with E-state index in [-0.39, 0.29) is 6.10 Å². The molecule has 1 atom stereocenters. The molecule has 24 heavy (non-hydrogen) atoms. The highest BCUT2D eigenvalue weighted by atomic mass is 16.5. The normalized spacial score (nSPS) is 16.4. The second-order valence-electron chi connectivity index (χ2n) is 6.34. The van der Waals surface area contributed by atoms with Crippen molar-refractivity contribution < 1.29 is 9.47 Å². The van der Waals surface area contributed by atoms with Crippen molar-refractivity contribution in [3.63, 3.8) is 0 Å². The minimum atomic E-state index is 0.220. The van der Waals surface area contributed by atoms with Crippen LogP contribution in [0.5, 0.6) is 11.5 Å². The highest BCUT2D eigenvalue weighted by Crippen LogP contribution is 2.35. The zero-order valence-corrected chi connectivity index (χ0v) is 14.5. The van der Waals surface area contributed by atoms with Gasteiger partial charge in [0, 0.05) is 18.3 Å². The Morgan fingerprint density at radius 2 is 2.00 bits per heavy atom. The van der Waals surface area contributed by atoms with Gasteiger partial charge < -0.3 is 20.1 Å². The molecule has 0 saturated heterocycles. The van der Waals surface area contributed by atoms with Crippen molar-refractivity contribution in [1.29, 1.82) is 0 Å². The van der Waals surface area contributed by atoms with Crippen LogP contribution in [0.15, 0.2) is 42.5 Å². The third-order valence-electron chi connectivity index (χ3n) is 4.36. The molecule has 0 spiro atoms. The van der Waals surface area contributed by atoms with Gasteiger partial charge in [-0.25, -0.2) is 0 Å². The Bertz CT molecular complexity index is 670. The largest absolute Gasteiger partial charge is 0.494 e. The Kier molecular flexibility index (Phi) is 5.14. The summed E-state index contributed by atoms with van der Waals surface area (Å²) in [5, 5.41) is 0. The lowest BCUT2D eigenvalue weighted by molar-refractivity contribution is 0.188. The predicted molar refractivity (Wildman–Crippen MR) is 99.1 cm³/mol. The lowest BCUT2D eigenvalue weighted by atomic mass is 10.1. The maximum Gasteiger partial charge on any atom is 0.145 e. The highest BCUT2D eigenvalue weighted by molar-refractivity contribution is 5.65. The zero-order chi connectivity index (χ0) is 16.9. The van der Waals surface area contributed by atoms with Crippen LogP contribution in [-0.2, 0) is 0 Å². The van der Waals surface area contributed by atoms with Crippen LogP contribution in [0.4, 0.5) is 11.4 Å². The molecule has 0 bridgehead atoms. The average Bonchev–Trinajstić information content (AvgIpc) is 2.59. The summed E-state index contributed by atoms with van der Waals surface area (Å²) in [5.74, 6) is 1.83. The molecule has 4 nitrogen and oxygen atoms in total. The number of nitrogen functional groups attached to an aromatic ring is 1. The Labute approximate surface area is 144 Å². The first-order valence-electron chi connectivity index (χ1n) is 8.66. The number of ether oxygens (including phenoxy) is 2. The summed E-state index contributed by atoms with van der Waals surface area (Å²) in [6, 6.07) is 14.1. The van der Waals surface area contributed by atoms with Crippen LogP contribution in [0.1, 0.15) is 25.3 Å². The molecular weight excluding hydrogens is 300 g/mol. The summed E-state index contributed by atoms with van der Waals surface area (Å²) >= 11 is 0. The van der Waals surface area contributed by atoms with Crippen molar-refractivity contribution in [1.82, 2.24) is 0 Å². The quantitative estimate of drug-likeness (QED) is 0.643. The minimum absolute atomic E-state index is 0.220. The monoisotopic (exact) mass is 326 g/mol. The SMILES string of the molecule is CCC1CN(CCCOc2ccc(C)cc2)c2ccc(N)cc2O1. The Morgan fingerprint density at radius 1 is 1.21 bits per heavy atom. The summed E-state index contributed by atoms with van der Waals surface area (Å²) < 4.78 is 11.9. The standard InChI is InChI=1S/C20H26N2O2/c1-3-17-14-22(19-10-7-16(21)13-20(19)24-17)11-4-12-23-18-8-5-15(2)6-9-18/h5-10,13,17H,3-4,11-12,14,21H2,1-2H3. The summed E-state index contributed by atoms with van der Waals surface area (Å²) in [4.78, 5) is 2.38. The molecule has 2 aromatic rings. The molecule has 1 aliphatic rings. The molecular formula is C20H26N2O2. The zero-order valence-electron chi connectivity index (χ0n) is 14.5. The van der Waals surface area contributed by atoms with Crippen LogP contribution in [0, 0.1) is 6.92 Å². The number of rotatable bonds is 6. The molecule has 0 radical (unpaired) electrons. The van der Waals surface area contributed by atoms with Crippen molar-refractivity contribution >= 4 is 11.4 Å². The summed E-state index contributed by atoms with van der Waals surface area (Å²) in [6.45, 7) is 6.80. The number of fused-ring (bicyclic) bond motifs is 1. The second kappa shape index (κ2) is 7.47. The second-order valence-corrected chi connectivity index (χ2v) is 6.34. The third kappa shape index (κ3) is 3.94.